The Labute approximate surface area is 161 Å². The fourth-order valence-electron chi connectivity index (χ4n) is 3.04. The Morgan fingerprint density at radius 3 is 2.74 bits per heavy atom. The zero-order chi connectivity index (χ0) is 19.4. The Bertz CT molecular complexity index is 859. The van der Waals surface area contributed by atoms with E-state index in [0.29, 0.717) is 17.7 Å². The molecule has 0 spiro atoms. The SMILES string of the molecule is O=C(Cc1ccc(Cl)c(O)c1)Nc1ccnc(C(=O)N[C@H]2CCC[C@@H]2O)c1. The third-order valence-corrected chi connectivity index (χ3v) is 4.77. The van der Waals surface area contributed by atoms with E-state index in [9.17, 15) is 19.8 Å². The van der Waals surface area contributed by atoms with Crippen molar-refractivity contribution in [3.05, 3.63) is 52.8 Å². The van der Waals surface area contributed by atoms with E-state index < -0.39 is 6.10 Å². The van der Waals surface area contributed by atoms with Crippen molar-refractivity contribution < 1.29 is 19.8 Å². The lowest BCUT2D eigenvalue weighted by atomic mass is 10.1. The summed E-state index contributed by atoms with van der Waals surface area (Å²) < 4.78 is 0. The summed E-state index contributed by atoms with van der Waals surface area (Å²) in [6.07, 6.45) is 3.22. The molecular weight excluding hydrogens is 370 g/mol. The lowest BCUT2D eigenvalue weighted by Crippen LogP contribution is -2.40. The van der Waals surface area contributed by atoms with Gasteiger partial charge in [-0.15, -0.1) is 0 Å². The van der Waals surface area contributed by atoms with Gasteiger partial charge < -0.3 is 20.8 Å². The first kappa shape index (κ1) is 19.1. The Balaban J connectivity index is 1.61. The number of aliphatic hydroxyl groups excluding tert-OH is 1. The Kier molecular flexibility index (Phi) is 5.93. The smallest absolute Gasteiger partial charge is 0.270 e. The van der Waals surface area contributed by atoms with Gasteiger partial charge in [-0.1, -0.05) is 17.7 Å². The summed E-state index contributed by atoms with van der Waals surface area (Å²) in [4.78, 5) is 28.5. The van der Waals surface area contributed by atoms with Crippen LogP contribution in [0.1, 0.15) is 35.3 Å². The highest BCUT2D eigenvalue weighted by molar-refractivity contribution is 6.32. The van der Waals surface area contributed by atoms with E-state index >= 15 is 0 Å². The number of nitrogens with zero attached hydrogens (tertiary/aromatic N) is 1. The fourth-order valence-corrected chi connectivity index (χ4v) is 3.16. The highest BCUT2D eigenvalue weighted by atomic mass is 35.5. The van der Waals surface area contributed by atoms with Gasteiger partial charge in [0, 0.05) is 11.9 Å². The molecule has 2 aromatic rings. The predicted molar refractivity (Wildman–Crippen MR) is 101 cm³/mol. The number of phenols is 1. The lowest BCUT2D eigenvalue weighted by Gasteiger charge is -2.16. The van der Waals surface area contributed by atoms with Crippen LogP contribution in [0.5, 0.6) is 5.75 Å². The van der Waals surface area contributed by atoms with Gasteiger partial charge in [0.1, 0.15) is 11.4 Å². The normalized spacial score (nSPS) is 18.9. The summed E-state index contributed by atoms with van der Waals surface area (Å²) >= 11 is 5.75. The number of nitrogens with one attached hydrogen (secondary N) is 2. The van der Waals surface area contributed by atoms with Gasteiger partial charge in [-0.3, -0.25) is 14.6 Å². The first-order valence-electron chi connectivity index (χ1n) is 8.64. The van der Waals surface area contributed by atoms with Gasteiger partial charge in [-0.05, 0) is 49.1 Å². The Morgan fingerprint density at radius 1 is 1.22 bits per heavy atom. The molecule has 1 aromatic carbocycles. The van der Waals surface area contributed by atoms with Crippen molar-refractivity contribution in [2.24, 2.45) is 0 Å². The summed E-state index contributed by atoms with van der Waals surface area (Å²) in [5, 5.41) is 25.1. The standard InChI is InChI=1S/C19H20ClN3O4/c20-13-5-4-11(8-17(13)25)9-18(26)22-12-6-7-21-15(10-12)19(27)23-14-2-1-3-16(14)24/h4-8,10,14,16,24-25H,1-3,9H2,(H,23,27)(H,21,22,26)/t14-,16-/m0/s1. The maximum absolute atomic E-state index is 12.3. The van der Waals surface area contributed by atoms with Gasteiger partial charge in [-0.25, -0.2) is 0 Å². The molecule has 4 N–H and O–H groups in total. The zero-order valence-corrected chi connectivity index (χ0v) is 15.2. The van der Waals surface area contributed by atoms with Crippen molar-refractivity contribution >= 4 is 29.1 Å². The summed E-state index contributed by atoms with van der Waals surface area (Å²) in [7, 11) is 0. The van der Waals surface area contributed by atoms with Crippen molar-refractivity contribution in [1.82, 2.24) is 10.3 Å². The molecule has 2 amide bonds. The first-order valence-corrected chi connectivity index (χ1v) is 9.02. The second-order valence-electron chi connectivity index (χ2n) is 6.52. The van der Waals surface area contributed by atoms with Crippen LogP contribution in [-0.4, -0.2) is 39.2 Å². The van der Waals surface area contributed by atoms with Crippen LogP contribution in [0, 0.1) is 0 Å². The maximum atomic E-state index is 12.3. The molecule has 7 nitrogen and oxygen atoms in total. The molecule has 1 saturated carbocycles. The van der Waals surface area contributed by atoms with Crippen LogP contribution in [0.15, 0.2) is 36.5 Å². The summed E-state index contributed by atoms with van der Waals surface area (Å²) in [5.74, 6) is -0.779. The minimum absolute atomic E-state index is 0.0445. The van der Waals surface area contributed by atoms with E-state index in [4.69, 9.17) is 11.6 Å². The third-order valence-electron chi connectivity index (χ3n) is 4.45. The minimum Gasteiger partial charge on any atom is -0.506 e. The number of hydrogen-bond donors (Lipinski definition) is 4. The van der Waals surface area contributed by atoms with Crippen LogP contribution >= 0.6 is 11.6 Å². The van der Waals surface area contributed by atoms with Crippen molar-refractivity contribution in [2.75, 3.05) is 5.32 Å². The van der Waals surface area contributed by atoms with Crippen molar-refractivity contribution in [3.8, 4) is 5.75 Å². The van der Waals surface area contributed by atoms with Crippen molar-refractivity contribution in [2.45, 2.75) is 37.8 Å². The summed E-state index contributed by atoms with van der Waals surface area (Å²) in [6.45, 7) is 0. The molecule has 0 bridgehead atoms. The van der Waals surface area contributed by atoms with Gasteiger partial charge in [0.2, 0.25) is 5.91 Å². The predicted octanol–water partition coefficient (Wildman–Crippen LogP) is 2.26. The number of rotatable bonds is 5. The number of hydrogen-bond acceptors (Lipinski definition) is 5. The topological polar surface area (TPSA) is 112 Å². The molecule has 8 heteroatoms. The van der Waals surface area contributed by atoms with Crippen LogP contribution in [-0.2, 0) is 11.2 Å². The van der Waals surface area contributed by atoms with E-state index in [1.807, 2.05) is 0 Å². The van der Waals surface area contributed by atoms with Gasteiger partial charge >= 0.3 is 0 Å². The van der Waals surface area contributed by atoms with E-state index in [-0.39, 0.29) is 40.7 Å². The monoisotopic (exact) mass is 389 g/mol. The molecule has 0 saturated heterocycles. The van der Waals surface area contributed by atoms with Crippen LogP contribution < -0.4 is 10.6 Å². The fraction of sp³-hybridized carbons (Fsp3) is 0.316. The highest BCUT2D eigenvalue weighted by Gasteiger charge is 2.27. The van der Waals surface area contributed by atoms with Crippen LogP contribution in [0.2, 0.25) is 5.02 Å². The van der Waals surface area contributed by atoms with E-state index in [1.54, 1.807) is 12.1 Å². The van der Waals surface area contributed by atoms with E-state index in [0.717, 1.165) is 12.8 Å². The quantitative estimate of drug-likeness (QED) is 0.626. The molecule has 1 aliphatic rings. The molecule has 3 rings (SSSR count). The number of aromatic nitrogens is 1. The number of amides is 2. The molecule has 0 unspecified atom stereocenters. The molecule has 1 fully saturated rings. The molecule has 1 heterocycles. The average Bonchev–Trinajstić information content (AvgIpc) is 3.03. The van der Waals surface area contributed by atoms with Crippen molar-refractivity contribution in [3.63, 3.8) is 0 Å². The number of anilines is 1. The zero-order valence-electron chi connectivity index (χ0n) is 14.5. The Hall–Kier alpha value is -2.64. The van der Waals surface area contributed by atoms with Crippen molar-refractivity contribution in [1.29, 1.82) is 0 Å². The number of pyridine rings is 1. The first-order chi connectivity index (χ1) is 12.9. The molecule has 27 heavy (non-hydrogen) atoms. The summed E-state index contributed by atoms with van der Waals surface area (Å²) in [6, 6.07) is 7.40. The minimum atomic E-state index is -0.535. The van der Waals surface area contributed by atoms with Crippen LogP contribution in [0.25, 0.3) is 0 Å². The van der Waals surface area contributed by atoms with E-state index in [1.165, 1.54) is 24.4 Å². The number of aliphatic hydroxyl groups is 1. The molecule has 142 valence electrons. The van der Waals surface area contributed by atoms with Gasteiger partial charge in [-0.2, -0.15) is 0 Å². The Morgan fingerprint density at radius 2 is 2.04 bits per heavy atom. The molecule has 0 radical (unpaired) electrons. The number of aromatic hydroxyl groups is 1. The molecule has 2 atom stereocenters. The van der Waals surface area contributed by atoms with Crippen LogP contribution in [0.3, 0.4) is 0 Å². The maximum Gasteiger partial charge on any atom is 0.270 e. The molecule has 1 aromatic heterocycles. The number of carbonyl (C=O) groups is 2. The second-order valence-corrected chi connectivity index (χ2v) is 6.93. The highest BCUT2D eigenvalue weighted by Crippen LogP contribution is 2.24. The molecule has 0 aliphatic heterocycles. The number of carbonyl (C=O) groups excluding carboxylic acids is 2. The van der Waals surface area contributed by atoms with Gasteiger partial charge in [0.05, 0.1) is 23.6 Å². The van der Waals surface area contributed by atoms with Gasteiger partial charge in [0.15, 0.2) is 0 Å². The lowest BCUT2D eigenvalue weighted by molar-refractivity contribution is -0.115. The number of halogens is 1. The third kappa shape index (κ3) is 4.96. The molecular formula is C19H20ClN3O4. The number of benzene rings is 1. The number of phenolic OH excluding ortho intramolecular Hbond substituents is 1. The average molecular weight is 390 g/mol. The van der Waals surface area contributed by atoms with Crippen LogP contribution in [0.4, 0.5) is 5.69 Å². The van der Waals surface area contributed by atoms with E-state index in [2.05, 4.69) is 15.6 Å². The second kappa shape index (κ2) is 8.37. The van der Waals surface area contributed by atoms with Gasteiger partial charge in [0.25, 0.3) is 5.91 Å². The largest absolute Gasteiger partial charge is 0.506 e. The molecule has 1 aliphatic carbocycles. The summed E-state index contributed by atoms with van der Waals surface area (Å²) in [5.41, 5.74) is 1.21.